The minimum Gasteiger partial charge on any atom is -0.431 e. The van der Waals surface area contributed by atoms with Gasteiger partial charge in [0.25, 0.3) is 0 Å². The molecule has 1 nitrogen and oxygen atoms in total. The molecule has 38 heavy (non-hydrogen) atoms. The molecular weight excluding hydrogens is 476 g/mol. The van der Waals surface area contributed by atoms with Crippen molar-refractivity contribution in [1.29, 1.82) is 0 Å². The van der Waals surface area contributed by atoms with Gasteiger partial charge in [-0.05, 0) is 16.6 Å². The topological polar surface area (TPSA) is 20.2 Å². The monoisotopic (exact) mass is 553 g/mol. The van der Waals surface area contributed by atoms with Gasteiger partial charge in [-0.3, -0.25) is 0 Å². The van der Waals surface area contributed by atoms with E-state index in [1.807, 2.05) is 0 Å². The fourth-order valence-electron chi connectivity index (χ4n) is 6.90. The minimum atomic E-state index is -2.32. The van der Waals surface area contributed by atoms with Crippen molar-refractivity contribution in [2.75, 3.05) is 0 Å². The fraction of sp³-hybridized carbons (Fsp3) is 1.00. The number of rotatable bonds is 30. The Labute approximate surface area is 244 Å². The highest BCUT2D eigenvalue weighted by atomic mass is 28.4. The maximum Gasteiger partial charge on any atom is 0.196 e. The summed E-state index contributed by atoms with van der Waals surface area (Å²) in [6.07, 6.45) is 37.2. The normalized spacial score (nSPS) is 15.9. The van der Waals surface area contributed by atoms with Gasteiger partial charge in [0.1, 0.15) is 0 Å². The zero-order valence-corrected chi connectivity index (χ0v) is 28.8. The van der Waals surface area contributed by atoms with Crippen LogP contribution in [0.5, 0.6) is 0 Å². The standard InChI is InChI=1S/C36H76OSi/c1-7-10-13-16-19-22-25-28-31-34(4)38(37,35(5)32-29-26-23-20-17-14-11-8-2)36(6)33-30-27-24-21-18-15-12-9-3/h34-37H,7-33H2,1-6H3. The van der Waals surface area contributed by atoms with Crippen molar-refractivity contribution in [2.45, 2.75) is 232 Å². The third kappa shape index (κ3) is 19.3. The van der Waals surface area contributed by atoms with Crippen LogP contribution >= 0.6 is 0 Å². The lowest BCUT2D eigenvalue weighted by molar-refractivity contribution is 0.420. The predicted molar refractivity (Wildman–Crippen MR) is 178 cm³/mol. The van der Waals surface area contributed by atoms with Crippen molar-refractivity contribution in [3.8, 4) is 0 Å². The van der Waals surface area contributed by atoms with E-state index < -0.39 is 8.32 Å². The molecule has 0 aliphatic heterocycles. The van der Waals surface area contributed by atoms with Crippen molar-refractivity contribution in [3.63, 3.8) is 0 Å². The van der Waals surface area contributed by atoms with Gasteiger partial charge < -0.3 is 4.80 Å². The molecule has 1 N–H and O–H groups in total. The van der Waals surface area contributed by atoms with Crippen LogP contribution in [0.4, 0.5) is 0 Å². The summed E-state index contributed by atoms with van der Waals surface area (Å²) >= 11 is 0. The van der Waals surface area contributed by atoms with Crippen molar-refractivity contribution in [3.05, 3.63) is 0 Å². The van der Waals surface area contributed by atoms with Crippen LogP contribution in [0.25, 0.3) is 0 Å². The van der Waals surface area contributed by atoms with Crippen molar-refractivity contribution in [1.82, 2.24) is 0 Å². The van der Waals surface area contributed by atoms with E-state index in [1.54, 1.807) is 0 Å². The number of unbranched alkanes of at least 4 members (excludes halogenated alkanes) is 21. The van der Waals surface area contributed by atoms with Crippen molar-refractivity contribution < 1.29 is 4.80 Å². The largest absolute Gasteiger partial charge is 0.431 e. The molecule has 2 heteroatoms. The maximum atomic E-state index is 12.5. The highest BCUT2D eigenvalue weighted by Gasteiger charge is 2.46. The average molecular weight is 553 g/mol. The molecule has 3 atom stereocenters. The van der Waals surface area contributed by atoms with Crippen LogP contribution in [-0.2, 0) is 0 Å². The van der Waals surface area contributed by atoms with E-state index in [4.69, 9.17) is 0 Å². The molecule has 0 saturated carbocycles. The van der Waals surface area contributed by atoms with Gasteiger partial charge >= 0.3 is 0 Å². The Morgan fingerprint density at radius 2 is 0.526 bits per heavy atom. The molecule has 0 aromatic carbocycles. The second-order valence-corrected chi connectivity index (χ2v) is 18.1. The molecule has 0 heterocycles. The Kier molecular flexibility index (Phi) is 27.5. The number of hydrogen-bond acceptors (Lipinski definition) is 1. The van der Waals surface area contributed by atoms with E-state index >= 15 is 0 Å². The molecule has 0 saturated heterocycles. The van der Waals surface area contributed by atoms with Crippen molar-refractivity contribution >= 4 is 8.32 Å². The first-order valence-electron chi connectivity index (χ1n) is 18.2. The third-order valence-corrected chi connectivity index (χ3v) is 15.4. The summed E-state index contributed by atoms with van der Waals surface area (Å²) in [5.74, 6) is 0. The third-order valence-electron chi connectivity index (χ3n) is 9.84. The molecule has 3 unspecified atom stereocenters. The van der Waals surface area contributed by atoms with Crippen LogP contribution in [0.2, 0.25) is 16.6 Å². The lowest BCUT2D eigenvalue weighted by Crippen LogP contribution is -2.47. The highest BCUT2D eigenvalue weighted by molar-refractivity contribution is 6.76. The van der Waals surface area contributed by atoms with Gasteiger partial charge in [0.05, 0.1) is 0 Å². The van der Waals surface area contributed by atoms with Gasteiger partial charge in [-0.15, -0.1) is 0 Å². The predicted octanol–water partition coefficient (Wildman–Crippen LogP) is 13.7. The van der Waals surface area contributed by atoms with Gasteiger partial charge in [0, 0.05) is 0 Å². The first kappa shape index (κ1) is 38.2. The molecule has 0 spiro atoms. The molecule has 0 aromatic rings. The summed E-state index contributed by atoms with van der Waals surface area (Å²) in [7, 11) is -2.32. The van der Waals surface area contributed by atoms with Gasteiger partial charge in [-0.2, -0.15) is 0 Å². The van der Waals surface area contributed by atoms with E-state index in [-0.39, 0.29) is 0 Å². The van der Waals surface area contributed by atoms with E-state index in [9.17, 15) is 4.80 Å². The molecule has 0 aliphatic rings. The van der Waals surface area contributed by atoms with Crippen molar-refractivity contribution in [2.24, 2.45) is 0 Å². The summed E-state index contributed by atoms with van der Waals surface area (Å²) in [6, 6.07) is 0. The Morgan fingerprint density at radius 3 is 0.737 bits per heavy atom. The van der Waals surface area contributed by atoms with Crippen LogP contribution in [0.1, 0.15) is 215 Å². The van der Waals surface area contributed by atoms with Gasteiger partial charge in [0.2, 0.25) is 0 Å². The number of hydrogen-bond donors (Lipinski definition) is 1. The van der Waals surface area contributed by atoms with Crippen LogP contribution in [0.15, 0.2) is 0 Å². The first-order chi connectivity index (χ1) is 18.4. The zero-order chi connectivity index (χ0) is 28.3. The van der Waals surface area contributed by atoms with E-state index in [1.165, 1.54) is 173 Å². The maximum absolute atomic E-state index is 12.5. The summed E-state index contributed by atoms with van der Waals surface area (Å²) in [4.78, 5) is 12.5. The van der Waals surface area contributed by atoms with E-state index in [0.29, 0.717) is 16.6 Å². The van der Waals surface area contributed by atoms with Gasteiger partial charge in [0.15, 0.2) is 8.32 Å². The smallest absolute Gasteiger partial charge is 0.196 e. The molecule has 0 aromatic heterocycles. The lowest BCUT2D eigenvalue weighted by Gasteiger charge is -2.42. The van der Waals surface area contributed by atoms with Gasteiger partial charge in [-0.25, -0.2) is 0 Å². The fourth-order valence-corrected chi connectivity index (χ4v) is 11.8. The lowest BCUT2D eigenvalue weighted by atomic mass is 10.1. The van der Waals surface area contributed by atoms with Crippen LogP contribution in [0.3, 0.4) is 0 Å². The second-order valence-electron chi connectivity index (χ2n) is 13.4. The molecule has 0 amide bonds. The van der Waals surface area contributed by atoms with Gasteiger partial charge in [-0.1, -0.05) is 215 Å². The Morgan fingerprint density at radius 1 is 0.342 bits per heavy atom. The second kappa shape index (κ2) is 27.4. The summed E-state index contributed by atoms with van der Waals surface area (Å²) < 4.78 is 0. The average Bonchev–Trinajstić information content (AvgIpc) is 2.92. The Bertz CT molecular complexity index is 400. The zero-order valence-electron chi connectivity index (χ0n) is 27.8. The minimum absolute atomic E-state index is 0.552. The molecule has 0 radical (unpaired) electrons. The molecule has 0 aliphatic carbocycles. The summed E-state index contributed by atoms with van der Waals surface area (Å²) in [5, 5.41) is 0. The van der Waals surface area contributed by atoms with Crippen LogP contribution in [-0.4, -0.2) is 13.1 Å². The molecule has 0 bridgehead atoms. The molecular formula is C36H76OSi. The Balaban J connectivity index is 4.63. The van der Waals surface area contributed by atoms with Crippen LogP contribution in [0, 0.1) is 0 Å². The Hall–Kier alpha value is 0.177. The van der Waals surface area contributed by atoms with E-state index in [2.05, 4.69) is 41.5 Å². The highest BCUT2D eigenvalue weighted by Crippen LogP contribution is 2.46. The SMILES string of the molecule is CCCCCCCCCCC(C)[Si](O)(C(C)CCCCCCCCCC)C(C)CCCCCCCCCC. The van der Waals surface area contributed by atoms with E-state index in [0.717, 1.165) is 0 Å². The van der Waals surface area contributed by atoms with Crippen LogP contribution < -0.4 is 0 Å². The summed E-state index contributed by atoms with van der Waals surface area (Å²) in [6.45, 7) is 14.2. The quantitative estimate of drug-likeness (QED) is 0.0693. The molecule has 230 valence electrons. The molecule has 0 fully saturated rings. The first-order valence-corrected chi connectivity index (χ1v) is 20.3. The summed E-state index contributed by atoms with van der Waals surface area (Å²) in [5.41, 5.74) is 1.65. The molecule has 0 rings (SSSR count).